The Morgan fingerprint density at radius 2 is 2.09 bits per heavy atom. The fraction of sp³-hybridized carbons (Fsp3) is 0.600. The monoisotopic (exact) mass is 372 g/mol. The van der Waals surface area contributed by atoms with Crippen LogP contribution < -0.4 is 11.2 Å². The highest BCUT2D eigenvalue weighted by Gasteiger charge is 2.47. The molecule has 4 N–H and O–H groups in total. The molecule has 13 heteroatoms. The molecule has 1 aliphatic rings. The zero-order chi connectivity index (χ0) is 17.5. The molecular formula is C10H14FN2O8PS. The summed E-state index contributed by atoms with van der Waals surface area (Å²) in [5, 5.41) is 18.8. The number of aliphatic hydroxyl groups excluding tert-OH is 2. The lowest BCUT2D eigenvalue weighted by Crippen LogP contribution is -2.43. The van der Waals surface area contributed by atoms with Crippen LogP contribution in [0.4, 0.5) is 4.53 Å². The second-order valence-electron chi connectivity index (χ2n) is 4.92. The standard InChI is InChI=1S/C10H14FN2O8PS/c1-4-2-12(10(17)13(8(4)16)22(18,19)23)9-7(21-11)6(15)5(3-14)20-9/h2,5-7,9,14-15H,3H2,1H3,(H2,18,19,23)/t5-,6+,7-,9-/m1/s1. The van der Waals surface area contributed by atoms with Crippen molar-refractivity contribution in [3.05, 3.63) is 32.6 Å². The Hall–Kier alpha value is -0.980. The van der Waals surface area contributed by atoms with Gasteiger partial charge in [0.25, 0.3) is 12.2 Å². The molecule has 1 fully saturated rings. The molecule has 0 unspecified atom stereocenters. The minimum absolute atomic E-state index is 0.0645. The molecule has 1 aliphatic heterocycles. The largest absolute Gasteiger partial charge is 0.394 e. The molecular weight excluding hydrogens is 358 g/mol. The van der Waals surface area contributed by atoms with Crippen LogP contribution in [0.15, 0.2) is 15.8 Å². The summed E-state index contributed by atoms with van der Waals surface area (Å²) in [5.41, 5.74) is -2.40. The van der Waals surface area contributed by atoms with Crippen molar-refractivity contribution in [1.29, 1.82) is 0 Å². The highest BCUT2D eigenvalue weighted by Crippen LogP contribution is 2.35. The van der Waals surface area contributed by atoms with Crippen LogP contribution >= 0.6 is 6.64 Å². The van der Waals surface area contributed by atoms with E-state index in [-0.39, 0.29) is 9.90 Å². The van der Waals surface area contributed by atoms with E-state index in [1.54, 1.807) is 0 Å². The molecule has 0 saturated carbocycles. The van der Waals surface area contributed by atoms with Crippen LogP contribution in [0.3, 0.4) is 0 Å². The first kappa shape index (κ1) is 18.4. The van der Waals surface area contributed by atoms with E-state index in [1.807, 2.05) is 0 Å². The van der Waals surface area contributed by atoms with Gasteiger partial charge < -0.3 is 24.7 Å². The van der Waals surface area contributed by atoms with Gasteiger partial charge in [-0.25, -0.2) is 4.79 Å². The van der Waals surface area contributed by atoms with Crippen LogP contribution in [-0.2, 0) is 21.5 Å². The van der Waals surface area contributed by atoms with Gasteiger partial charge >= 0.3 is 5.69 Å². The number of hydrogen-bond acceptors (Lipinski definition) is 7. The molecule has 0 amide bonds. The molecule has 2 rings (SSSR count). The molecule has 0 aromatic carbocycles. The minimum Gasteiger partial charge on any atom is -0.394 e. The van der Waals surface area contributed by atoms with Gasteiger partial charge in [-0.1, -0.05) is 0 Å². The predicted molar refractivity (Wildman–Crippen MR) is 76.8 cm³/mol. The number of aromatic nitrogens is 2. The van der Waals surface area contributed by atoms with Crippen LogP contribution in [0.1, 0.15) is 11.8 Å². The van der Waals surface area contributed by atoms with Crippen molar-refractivity contribution in [2.75, 3.05) is 6.61 Å². The molecule has 1 saturated heterocycles. The highest BCUT2D eigenvalue weighted by molar-refractivity contribution is 8.08. The van der Waals surface area contributed by atoms with E-state index in [0.29, 0.717) is 4.57 Å². The quantitative estimate of drug-likeness (QED) is 0.437. The van der Waals surface area contributed by atoms with Crippen molar-refractivity contribution >= 4 is 18.4 Å². The van der Waals surface area contributed by atoms with Gasteiger partial charge in [-0.2, -0.15) is 9.28 Å². The van der Waals surface area contributed by atoms with Crippen molar-refractivity contribution in [1.82, 2.24) is 8.90 Å². The Labute approximate surface area is 133 Å². The molecule has 0 spiro atoms. The fourth-order valence-corrected chi connectivity index (χ4v) is 3.44. The van der Waals surface area contributed by atoms with E-state index in [0.717, 1.165) is 6.20 Å². The number of hydrogen-bond donors (Lipinski definition) is 4. The van der Waals surface area contributed by atoms with Gasteiger partial charge in [-0.05, 0) is 23.3 Å². The van der Waals surface area contributed by atoms with E-state index in [1.165, 1.54) is 6.92 Å². The number of rotatable bonds is 4. The zero-order valence-corrected chi connectivity index (χ0v) is 13.4. The van der Waals surface area contributed by atoms with Gasteiger partial charge in [0.2, 0.25) is 0 Å². The van der Waals surface area contributed by atoms with Gasteiger partial charge in [-0.15, -0.1) is 0 Å². The smallest absolute Gasteiger partial charge is 0.340 e. The number of aliphatic hydroxyl groups is 2. The lowest BCUT2D eigenvalue weighted by atomic mass is 10.1. The first-order valence-electron chi connectivity index (χ1n) is 6.26. The summed E-state index contributed by atoms with van der Waals surface area (Å²) in [7, 11) is 0. The van der Waals surface area contributed by atoms with Gasteiger partial charge in [0.1, 0.15) is 12.2 Å². The Kier molecular flexibility index (Phi) is 5.18. The summed E-state index contributed by atoms with van der Waals surface area (Å²) < 4.78 is 18.6. The first-order valence-corrected chi connectivity index (χ1v) is 8.92. The lowest BCUT2D eigenvalue weighted by Gasteiger charge is -2.21. The molecule has 10 nitrogen and oxygen atoms in total. The molecule has 0 bridgehead atoms. The van der Waals surface area contributed by atoms with E-state index in [2.05, 4.69) is 16.7 Å². The lowest BCUT2D eigenvalue weighted by molar-refractivity contribution is -0.221. The van der Waals surface area contributed by atoms with Gasteiger partial charge in [0, 0.05) is 11.8 Å². The number of aryl methyl sites for hydroxylation is 1. The van der Waals surface area contributed by atoms with E-state index < -0.39 is 49.0 Å². The maximum Gasteiger partial charge on any atom is 0.340 e. The van der Waals surface area contributed by atoms with Crippen LogP contribution in [0, 0.1) is 6.92 Å². The van der Waals surface area contributed by atoms with E-state index >= 15 is 0 Å². The fourth-order valence-electron chi connectivity index (χ4n) is 2.28. The van der Waals surface area contributed by atoms with Crippen molar-refractivity contribution < 1.29 is 34.2 Å². The third-order valence-electron chi connectivity index (χ3n) is 3.39. The summed E-state index contributed by atoms with van der Waals surface area (Å²) in [4.78, 5) is 46.8. The molecule has 0 radical (unpaired) electrons. The van der Waals surface area contributed by atoms with Gasteiger partial charge in [-0.3, -0.25) is 9.36 Å². The van der Waals surface area contributed by atoms with Crippen LogP contribution in [0.5, 0.6) is 0 Å². The molecule has 2 heterocycles. The SMILES string of the molecule is Cc1cn([C@@H]2O[C@H](CO)[C@H](O)[C@H]2OF)c(=O)n(P(O)(O)=S)c1=O. The first-order chi connectivity index (χ1) is 10.6. The molecule has 130 valence electrons. The van der Waals surface area contributed by atoms with Crippen molar-refractivity contribution in [3.63, 3.8) is 0 Å². The normalized spacial score (nSPS) is 28.3. The maximum atomic E-state index is 12.7. The average Bonchev–Trinajstić information content (AvgIpc) is 2.77. The van der Waals surface area contributed by atoms with Crippen LogP contribution in [0.2, 0.25) is 0 Å². The second kappa shape index (κ2) is 6.49. The number of halogens is 1. The topological polar surface area (TPSA) is 143 Å². The van der Waals surface area contributed by atoms with Gasteiger partial charge in [0.15, 0.2) is 12.3 Å². The summed E-state index contributed by atoms with van der Waals surface area (Å²) >= 11 is 4.38. The molecule has 23 heavy (non-hydrogen) atoms. The number of nitrogens with zero attached hydrogens (tertiary/aromatic N) is 2. The van der Waals surface area contributed by atoms with Crippen LogP contribution in [0.25, 0.3) is 0 Å². The summed E-state index contributed by atoms with van der Waals surface area (Å²) in [5.74, 6) is 0. The summed E-state index contributed by atoms with van der Waals surface area (Å²) in [6, 6.07) is 0. The molecule has 4 atom stereocenters. The van der Waals surface area contributed by atoms with E-state index in [4.69, 9.17) is 9.84 Å². The third-order valence-corrected chi connectivity index (χ3v) is 4.76. The van der Waals surface area contributed by atoms with E-state index in [9.17, 15) is 29.0 Å². The van der Waals surface area contributed by atoms with Crippen molar-refractivity contribution in [2.24, 2.45) is 0 Å². The molecule has 1 aromatic heterocycles. The van der Waals surface area contributed by atoms with Gasteiger partial charge in [0.05, 0.1) is 6.61 Å². The Balaban J connectivity index is 2.66. The van der Waals surface area contributed by atoms with Crippen molar-refractivity contribution in [2.45, 2.75) is 31.5 Å². The maximum absolute atomic E-state index is 12.7. The molecule has 0 aliphatic carbocycles. The average molecular weight is 372 g/mol. The third kappa shape index (κ3) is 3.16. The zero-order valence-electron chi connectivity index (χ0n) is 11.6. The highest BCUT2D eigenvalue weighted by atomic mass is 32.5. The predicted octanol–water partition coefficient (Wildman–Crippen LogP) is -2.10. The number of ether oxygens (including phenoxy) is 1. The minimum atomic E-state index is -4.45. The Bertz CT molecular complexity index is 760. The summed E-state index contributed by atoms with van der Waals surface area (Å²) in [6.45, 7) is -3.86. The second-order valence-corrected chi connectivity index (χ2v) is 7.82. The Morgan fingerprint density at radius 1 is 1.48 bits per heavy atom. The van der Waals surface area contributed by atoms with Crippen molar-refractivity contribution in [3.8, 4) is 0 Å². The molecule has 1 aromatic rings. The van der Waals surface area contributed by atoms with Crippen LogP contribution in [-0.4, -0.2) is 53.8 Å². The summed E-state index contributed by atoms with van der Waals surface area (Å²) in [6.07, 6.45) is -5.07. The Morgan fingerprint density at radius 3 is 2.57 bits per heavy atom.